The van der Waals surface area contributed by atoms with E-state index >= 15 is 0 Å². The van der Waals surface area contributed by atoms with E-state index in [2.05, 4.69) is 26.3 Å². The molecule has 1 amide bonds. The summed E-state index contributed by atoms with van der Waals surface area (Å²) in [6.07, 6.45) is 3.45. The summed E-state index contributed by atoms with van der Waals surface area (Å²) in [7, 11) is 0. The van der Waals surface area contributed by atoms with Gasteiger partial charge in [0.05, 0.1) is 40.5 Å². The average molecular weight is 460 g/mol. The van der Waals surface area contributed by atoms with E-state index in [1.54, 1.807) is 29.2 Å². The van der Waals surface area contributed by atoms with Crippen LogP contribution in [0.4, 0.5) is 0 Å². The molecule has 0 unspecified atom stereocenters. The van der Waals surface area contributed by atoms with Crippen LogP contribution >= 0.6 is 0 Å². The summed E-state index contributed by atoms with van der Waals surface area (Å²) in [6, 6.07) is 22.7. The number of nitrogens with one attached hydrogen (secondary N) is 1. The van der Waals surface area contributed by atoms with Gasteiger partial charge in [-0.15, -0.1) is 0 Å². The zero-order valence-corrected chi connectivity index (χ0v) is 19.0. The normalized spacial score (nSPS) is 10.7. The van der Waals surface area contributed by atoms with Crippen molar-refractivity contribution in [3.8, 4) is 23.1 Å². The molecule has 0 aliphatic carbocycles. The summed E-state index contributed by atoms with van der Waals surface area (Å²) in [4.78, 5) is 26.1. The fourth-order valence-corrected chi connectivity index (χ4v) is 3.79. The molecule has 1 N–H and O–H groups in total. The van der Waals surface area contributed by atoms with Crippen LogP contribution in [0.1, 0.15) is 22.5 Å². The number of benzene rings is 2. The zero-order valence-electron chi connectivity index (χ0n) is 19.0. The smallest absolute Gasteiger partial charge is 0.226 e. The molecule has 5 rings (SSSR count). The Bertz CT molecular complexity index is 1570. The number of aryl methyl sites for hydroxylation is 1. The second-order valence-corrected chi connectivity index (χ2v) is 8.09. The Kier molecular flexibility index (Phi) is 5.97. The van der Waals surface area contributed by atoms with Gasteiger partial charge in [-0.05, 0) is 55.0 Å². The third-order valence-electron chi connectivity index (χ3n) is 5.53. The minimum absolute atomic E-state index is 0.121. The highest BCUT2D eigenvalue weighted by Gasteiger charge is 2.16. The molecule has 0 aliphatic heterocycles. The number of aromatic nitrogens is 5. The minimum atomic E-state index is -0.146. The molecule has 0 radical (unpaired) electrons. The summed E-state index contributed by atoms with van der Waals surface area (Å²) in [5.74, 6) is 0.524. The quantitative estimate of drug-likeness (QED) is 0.412. The van der Waals surface area contributed by atoms with Crippen LogP contribution in [0.25, 0.3) is 28.1 Å². The number of nitrogens with zero attached hydrogens (tertiary/aromatic N) is 6. The largest absolute Gasteiger partial charge is 0.352 e. The molecule has 2 aromatic carbocycles. The third kappa shape index (κ3) is 4.89. The summed E-state index contributed by atoms with van der Waals surface area (Å²) in [5, 5.41) is 16.6. The van der Waals surface area contributed by atoms with Crippen LogP contribution in [0.3, 0.4) is 0 Å². The lowest BCUT2D eigenvalue weighted by Crippen LogP contribution is -2.24. The molecule has 3 aromatic heterocycles. The summed E-state index contributed by atoms with van der Waals surface area (Å²) in [6.45, 7) is 2.30. The number of hydrogen-bond acceptors (Lipinski definition) is 6. The van der Waals surface area contributed by atoms with Crippen molar-refractivity contribution in [2.75, 3.05) is 0 Å². The van der Waals surface area contributed by atoms with E-state index in [1.165, 1.54) is 0 Å². The Hall–Kier alpha value is -4.90. The van der Waals surface area contributed by atoms with Crippen molar-refractivity contribution in [2.45, 2.75) is 19.9 Å². The monoisotopic (exact) mass is 459 g/mol. The van der Waals surface area contributed by atoms with Gasteiger partial charge < -0.3 is 5.32 Å². The van der Waals surface area contributed by atoms with Gasteiger partial charge in [-0.1, -0.05) is 24.3 Å². The van der Waals surface area contributed by atoms with Crippen molar-refractivity contribution < 1.29 is 4.79 Å². The molecular weight excluding hydrogens is 438 g/mol. The van der Waals surface area contributed by atoms with Crippen LogP contribution in [-0.4, -0.2) is 30.6 Å². The summed E-state index contributed by atoms with van der Waals surface area (Å²) >= 11 is 0. The number of pyridine rings is 1. The number of rotatable bonds is 6. The van der Waals surface area contributed by atoms with Gasteiger partial charge in [0, 0.05) is 30.2 Å². The molecule has 8 nitrogen and oxygen atoms in total. The van der Waals surface area contributed by atoms with Crippen molar-refractivity contribution in [2.24, 2.45) is 0 Å². The standard InChI is InChI=1S/C27H21N7O/c1-18-3-2-4-26(32-18)34-25(21-9-10-23-24(13-21)30-12-11-29-23)14-22(33-34)15-27(35)31-17-20-7-5-19(16-28)6-8-20/h2-14H,15,17H2,1H3,(H,31,35). The predicted octanol–water partition coefficient (Wildman–Crippen LogP) is 3.92. The highest BCUT2D eigenvalue weighted by atomic mass is 16.1. The molecule has 0 saturated carbocycles. The molecule has 8 heteroatoms. The van der Waals surface area contributed by atoms with Gasteiger partial charge in [-0.25, -0.2) is 9.67 Å². The maximum Gasteiger partial charge on any atom is 0.226 e. The van der Waals surface area contributed by atoms with E-state index in [1.807, 2.05) is 61.5 Å². The third-order valence-corrected chi connectivity index (χ3v) is 5.53. The number of hydrogen-bond donors (Lipinski definition) is 1. The van der Waals surface area contributed by atoms with Crippen LogP contribution < -0.4 is 5.32 Å². The molecule has 35 heavy (non-hydrogen) atoms. The maximum absolute atomic E-state index is 12.7. The minimum Gasteiger partial charge on any atom is -0.352 e. The van der Waals surface area contributed by atoms with Crippen molar-refractivity contribution >= 4 is 16.9 Å². The molecule has 3 heterocycles. The van der Waals surface area contributed by atoms with Crippen LogP contribution in [0, 0.1) is 18.3 Å². The topological polar surface area (TPSA) is 109 Å². The molecule has 0 atom stereocenters. The van der Waals surface area contributed by atoms with Crippen LogP contribution in [0.2, 0.25) is 0 Å². The first-order valence-electron chi connectivity index (χ1n) is 11.1. The Morgan fingerprint density at radius 2 is 1.80 bits per heavy atom. The average Bonchev–Trinajstić information content (AvgIpc) is 3.31. The zero-order chi connectivity index (χ0) is 24.2. The molecular formula is C27H21N7O. The lowest BCUT2D eigenvalue weighted by atomic mass is 10.1. The number of carbonyl (C=O) groups is 1. The van der Waals surface area contributed by atoms with E-state index in [-0.39, 0.29) is 12.3 Å². The molecule has 0 aliphatic rings. The number of carbonyl (C=O) groups excluding carboxylic acids is 1. The van der Waals surface area contributed by atoms with Crippen LogP contribution in [0.15, 0.2) is 79.1 Å². The van der Waals surface area contributed by atoms with E-state index < -0.39 is 0 Å². The molecule has 0 spiro atoms. The molecule has 0 fully saturated rings. The van der Waals surface area contributed by atoms with Gasteiger partial charge >= 0.3 is 0 Å². The Balaban J connectivity index is 1.42. The van der Waals surface area contributed by atoms with E-state index in [9.17, 15) is 4.79 Å². The molecule has 170 valence electrons. The maximum atomic E-state index is 12.7. The van der Waals surface area contributed by atoms with Crippen molar-refractivity contribution in [1.82, 2.24) is 30.0 Å². The fourth-order valence-electron chi connectivity index (χ4n) is 3.79. The Morgan fingerprint density at radius 3 is 2.57 bits per heavy atom. The number of amides is 1. The van der Waals surface area contributed by atoms with E-state index in [0.29, 0.717) is 23.6 Å². The van der Waals surface area contributed by atoms with Gasteiger partial charge in [-0.2, -0.15) is 10.4 Å². The summed E-state index contributed by atoms with van der Waals surface area (Å²) in [5.41, 5.74) is 6.29. The second-order valence-electron chi connectivity index (χ2n) is 8.09. The lowest BCUT2D eigenvalue weighted by Gasteiger charge is -2.08. The first kappa shape index (κ1) is 21.9. The van der Waals surface area contributed by atoms with Gasteiger partial charge in [0.15, 0.2) is 5.82 Å². The highest BCUT2D eigenvalue weighted by molar-refractivity contribution is 5.82. The molecule has 0 bridgehead atoms. The lowest BCUT2D eigenvalue weighted by molar-refractivity contribution is -0.120. The predicted molar refractivity (Wildman–Crippen MR) is 131 cm³/mol. The van der Waals surface area contributed by atoms with Gasteiger partial charge in [0.1, 0.15) is 0 Å². The van der Waals surface area contributed by atoms with Gasteiger partial charge in [0.2, 0.25) is 5.91 Å². The fraction of sp³-hybridized carbons (Fsp3) is 0.111. The number of fused-ring (bicyclic) bond motifs is 1. The summed E-state index contributed by atoms with van der Waals surface area (Å²) < 4.78 is 1.76. The second kappa shape index (κ2) is 9.53. The van der Waals surface area contributed by atoms with E-state index in [4.69, 9.17) is 10.4 Å². The van der Waals surface area contributed by atoms with Crippen LogP contribution in [0.5, 0.6) is 0 Å². The van der Waals surface area contributed by atoms with Gasteiger partial charge in [0.25, 0.3) is 0 Å². The SMILES string of the molecule is Cc1cccc(-n2nc(CC(=O)NCc3ccc(C#N)cc3)cc2-c2ccc3nccnc3c2)n1. The van der Waals surface area contributed by atoms with Crippen LogP contribution in [-0.2, 0) is 17.8 Å². The van der Waals surface area contributed by atoms with Crippen molar-refractivity contribution in [3.05, 3.63) is 102 Å². The first-order valence-corrected chi connectivity index (χ1v) is 11.1. The molecule has 0 saturated heterocycles. The first-order chi connectivity index (χ1) is 17.1. The molecule has 5 aromatic rings. The highest BCUT2D eigenvalue weighted by Crippen LogP contribution is 2.26. The number of nitriles is 1. The van der Waals surface area contributed by atoms with Crippen molar-refractivity contribution in [3.63, 3.8) is 0 Å². The van der Waals surface area contributed by atoms with E-state index in [0.717, 1.165) is 33.5 Å². The van der Waals surface area contributed by atoms with Gasteiger partial charge in [-0.3, -0.25) is 14.8 Å². The Labute approximate surface area is 201 Å². The Morgan fingerprint density at radius 1 is 1.00 bits per heavy atom. The van der Waals surface area contributed by atoms with Crippen molar-refractivity contribution in [1.29, 1.82) is 5.26 Å².